The van der Waals surface area contributed by atoms with Crippen LogP contribution in [0, 0.1) is 28.6 Å². The normalized spacial score (nSPS) is 39.5. The summed E-state index contributed by atoms with van der Waals surface area (Å²) >= 11 is 1.55. The number of fused-ring (bicyclic) bond motifs is 7. The minimum Gasteiger partial charge on any atom is -0.495 e. The number of ether oxygens (including phenoxy) is 3. The summed E-state index contributed by atoms with van der Waals surface area (Å²) in [6.07, 6.45) is 6.37. The number of Topliss-reactive ketones (excluding diaryl/α,β-unsaturated/α-hetero) is 1. The van der Waals surface area contributed by atoms with Crippen molar-refractivity contribution in [2.45, 2.75) is 70.1 Å². The van der Waals surface area contributed by atoms with Crippen LogP contribution in [-0.2, 0) is 25.5 Å². The Bertz CT molecular complexity index is 1530. The lowest BCUT2D eigenvalue weighted by Crippen LogP contribution is -2.63. The molecule has 4 fully saturated rings. The number of thiophene rings is 1. The first-order valence-corrected chi connectivity index (χ1v) is 16.0. The summed E-state index contributed by atoms with van der Waals surface area (Å²) in [6, 6.07) is 7.73. The zero-order valence-corrected chi connectivity index (χ0v) is 25.6. The summed E-state index contributed by atoms with van der Waals surface area (Å²) < 4.78 is 19.3. The Labute approximate surface area is 255 Å². The van der Waals surface area contributed by atoms with Gasteiger partial charge in [-0.25, -0.2) is 0 Å². The molecule has 2 heterocycles. The van der Waals surface area contributed by atoms with Crippen LogP contribution in [0.1, 0.15) is 61.8 Å². The van der Waals surface area contributed by atoms with Gasteiger partial charge in [-0.3, -0.25) is 9.59 Å². The number of hydrogen-bond acceptors (Lipinski definition) is 9. The van der Waals surface area contributed by atoms with E-state index >= 15 is 0 Å². The molecule has 5 aliphatic rings. The third-order valence-corrected chi connectivity index (χ3v) is 12.4. The Morgan fingerprint density at radius 2 is 2.00 bits per heavy atom. The van der Waals surface area contributed by atoms with E-state index in [2.05, 4.69) is 6.92 Å². The predicted octanol–water partition coefficient (Wildman–Crippen LogP) is 4.53. The molecule has 9 heteroatoms. The first-order chi connectivity index (χ1) is 20.6. The quantitative estimate of drug-likeness (QED) is 0.410. The fraction of sp³-hybridized carbons (Fsp3) is 0.529. The molecule has 0 amide bonds. The molecule has 9 atom stereocenters. The van der Waals surface area contributed by atoms with Gasteiger partial charge in [-0.1, -0.05) is 37.6 Å². The largest absolute Gasteiger partial charge is 0.495 e. The molecule has 2 aromatic rings. The second-order valence-corrected chi connectivity index (χ2v) is 14.4. The molecule has 1 aliphatic heterocycles. The van der Waals surface area contributed by atoms with Crippen LogP contribution in [0.25, 0.3) is 0 Å². The molecule has 43 heavy (non-hydrogen) atoms. The molecule has 1 aromatic carbocycles. The molecule has 4 aliphatic carbocycles. The van der Waals surface area contributed by atoms with Gasteiger partial charge in [0.05, 0.1) is 29.8 Å². The Morgan fingerprint density at radius 1 is 1.23 bits per heavy atom. The zero-order chi connectivity index (χ0) is 30.3. The maximum atomic E-state index is 13.8. The van der Waals surface area contributed by atoms with Gasteiger partial charge in [-0.05, 0) is 67.4 Å². The SMILES string of the molecule is COc1c([C@@H]2O[C@@H]3C[C@H]4[C@@H]5CCC6=CC(=O)C=C[C@]6(C)[C@H]5[C@@H](O)C[C@]4(C)[C@]3(C(=O)CO)O2)csc1Cc1ccc(N)cc1. The van der Waals surface area contributed by atoms with Gasteiger partial charge < -0.3 is 30.2 Å². The number of allylic oxidation sites excluding steroid dienone is 4. The first kappa shape index (κ1) is 28.9. The summed E-state index contributed by atoms with van der Waals surface area (Å²) in [5, 5.41) is 24.1. The van der Waals surface area contributed by atoms with Gasteiger partial charge in [0.1, 0.15) is 12.4 Å². The van der Waals surface area contributed by atoms with Crippen molar-refractivity contribution in [2.24, 2.45) is 28.6 Å². The minimum atomic E-state index is -1.40. The number of aliphatic hydroxyl groups is 2. The van der Waals surface area contributed by atoms with E-state index in [4.69, 9.17) is 19.9 Å². The summed E-state index contributed by atoms with van der Waals surface area (Å²) in [5.74, 6) is 0.323. The number of hydrogen-bond donors (Lipinski definition) is 3. The van der Waals surface area contributed by atoms with Crippen molar-refractivity contribution >= 4 is 28.6 Å². The van der Waals surface area contributed by atoms with E-state index in [0.717, 1.165) is 34.4 Å². The predicted molar refractivity (Wildman–Crippen MR) is 161 cm³/mol. The van der Waals surface area contributed by atoms with Crippen molar-refractivity contribution < 1.29 is 34.0 Å². The molecule has 1 saturated heterocycles. The highest BCUT2D eigenvalue weighted by Gasteiger charge is 2.76. The lowest BCUT2D eigenvalue weighted by Gasteiger charge is -2.59. The highest BCUT2D eigenvalue weighted by atomic mass is 32.1. The lowest BCUT2D eigenvalue weighted by atomic mass is 9.46. The number of methoxy groups -OCH3 is 1. The molecule has 0 spiro atoms. The van der Waals surface area contributed by atoms with Gasteiger partial charge in [-0.15, -0.1) is 11.3 Å². The topological polar surface area (TPSA) is 128 Å². The molecule has 228 valence electrons. The number of rotatable bonds is 6. The van der Waals surface area contributed by atoms with E-state index in [1.54, 1.807) is 30.6 Å². The molecule has 8 nitrogen and oxygen atoms in total. The maximum Gasteiger partial charge on any atom is 0.193 e. The Balaban J connectivity index is 1.22. The van der Waals surface area contributed by atoms with Crippen LogP contribution in [-0.4, -0.2) is 53.3 Å². The number of benzene rings is 1. The standard InChI is InChI=1S/C34H39NO7S/c1-32-11-10-21(37)13-19(32)6-9-22-24-14-28-34(27(39)16-36,33(24,2)15-25(38)29(22)32)42-31(41-28)23-17-43-26(30(23)40-3)12-18-4-7-20(35)8-5-18/h4-5,7-8,10-11,13,17,22,24-25,28-29,31,36,38H,6,9,12,14-16,35H2,1-3H3/t22-,24-,25-,28+,29+,31+,32-,33-,34+/m0/s1. The van der Waals surface area contributed by atoms with Crippen molar-refractivity contribution in [3.8, 4) is 5.75 Å². The zero-order valence-electron chi connectivity index (χ0n) is 24.7. The fourth-order valence-electron chi connectivity index (χ4n) is 9.56. The number of anilines is 1. The molecule has 3 saturated carbocycles. The van der Waals surface area contributed by atoms with Crippen molar-refractivity contribution in [1.29, 1.82) is 0 Å². The van der Waals surface area contributed by atoms with Gasteiger partial charge in [-0.2, -0.15) is 0 Å². The van der Waals surface area contributed by atoms with Crippen LogP contribution in [0.5, 0.6) is 5.75 Å². The van der Waals surface area contributed by atoms with E-state index in [-0.39, 0.29) is 23.5 Å². The molecular weight excluding hydrogens is 566 g/mol. The van der Waals surface area contributed by atoms with Crippen LogP contribution >= 0.6 is 11.3 Å². The molecule has 0 radical (unpaired) electrons. The maximum absolute atomic E-state index is 13.8. The van der Waals surface area contributed by atoms with Crippen LogP contribution in [0.4, 0.5) is 5.69 Å². The number of aliphatic hydroxyl groups excluding tert-OH is 2. The second kappa shape index (κ2) is 10.1. The highest BCUT2D eigenvalue weighted by Crippen LogP contribution is 2.70. The van der Waals surface area contributed by atoms with E-state index in [1.165, 1.54) is 0 Å². The van der Waals surface area contributed by atoms with Crippen LogP contribution < -0.4 is 10.5 Å². The average Bonchev–Trinajstić information content (AvgIpc) is 3.63. The molecular formula is C34H39NO7S. The van der Waals surface area contributed by atoms with Crippen LogP contribution in [0.2, 0.25) is 0 Å². The highest BCUT2D eigenvalue weighted by molar-refractivity contribution is 7.10. The average molecular weight is 606 g/mol. The van der Waals surface area contributed by atoms with Gasteiger partial charge in [0.25, 0.3) is 0 Å². The Kier molecular flexibility index (Phi) is 6.80. The molecule has 0 unspecified atom stereocenters. The van der Waals surface area contributed by atoms with E-state index in [0.29, 0.717) is 30.7 Å². The Hall–Kier alpha value is -2.82. The fourth-order valence-corrected chi connectivity index (χ4v) is 10.6. The third-order valence-electron chi connectivity index (χ3n) is 11.4. The summed E-state index contributed by atoms with van der Waals surface area (Å²) in [6.45, 7) is 3.50. The minimum absolute atomic E-state index is 0.00252. The lowest BCUT2D eigenvalue weighted by molar-refractivity contribution is -0.201. The van der Waals surface area contributed by atoms with E-state index in [9.17, 15) is 19.8 Å². The number of nitrogens with two attached hydrogens (primary N) is 1. The summed E-state index contributed by atoms with van der Waals surface area (Å²) in [7, 11) is 1.62. The van der Waals surface area contributed by atoms with Crippen molar-refractivity contribution in [1.82, 2.24) is 0 Å². The number of ketones is 2. The molecule has 4 N–H and O–H groups in total. The number of carbonyl (C=O) groups excluding carboxylic acids is 2. The first-order valence-electron chi connectivity index (χ1n) is 15.1. The van der Waals surface area contributed by atoms with Crippen molar-refractivity contribution in [2.75, 3.05) is 19.5 Å². The van der Waals surface area contributed by atoms with Gasteiger partial charge in [0, 0.05) is 34.2 Å². The third kappa shape index (κ3) is 4.01. The monoisotopic (exact) mass is 605 g/mol. The second-order valence-electron chi connectivity index (χ2n) is 13.4. The number of nitrogen functional groups attached to an aromatic ring is 1. The van der Waals surface area contributed by atoms with Gasteiger partial charge in [0.2, 0.25) is 0 Å². The summed E-state index contributed by atoms with van der Waals surface area (Å²) in [4.78, 5) is 27.0. The van der Waals surface area contributed by atoms with E-state index < -0.39 is 47.3 Å². The molecule has 7 rings (SSSR count). The number of carbonyl (C=O) groups is 2. The van der Waals surface area contributed by atoms with Crippen molar-refractivity contribution in [3.05, 3.63) is 69.5 Å². The van der Waals surface area contributed by atoms with Gasteiger partial charge in [0.15, 0.2) is 23.5 Å². The molecule has 0 bridgehead atoms. The van der Waals surface area contributed by atoms with E-state index in [1.807, 2.05) is 42.6 Å². The van der Waals surface area contributed by atoms with Crippen LogP contribution in [0.15, 0.2) is 53.4 Å². The smallest absolute Gasteiger partial charge is 0.193 e. The van der Waals surface area contributed by atoms with Crippen LogP contribution in [0.3, 0.4) is 0 Å². The van der Waals surface area contributed by atoms with Gasteiger partial charge >= 0.3 is 0 Å². The Morgan fingerprint density at radius 3 is 2.72 bits per heavy atom. The molecule has 1 aromatic heterocycles. The summed E-state index contributed by atoms with van der Waals surface area (Å²) in [5.41, 5.74) is 6.89. The van der Waals surface area contributed by atoms with Crippen molar-refractivity contribution in [3.63, 3.8) is 0 Å².